The second-order valence-electron chi connectivity index (χ2n) is 5.41. The molecule has 0 aromatic carbocycles. The Morgan fingerprint density at radius 1 is 1.36 bits per heavy atom. The van der Waals surface area contributed by atoms with Crippen LogP contribution in [0.4, 0.5) is 0 Å². The van der Waals surface area contributed by atoms with Gasteiger partial charge in [-0.25, -0.2) is 13.2 Å². The van der Waals surface area contributed by atoms with E-state index in [4.69, 9.17) is 14.9 Å². The average Bonchev–Trinajstić information content (AvgIpc) is 2.81. The van der Waals surface area contributed by atoms with Gasteiger partial charge in [0.25, 0.3) is 0 Å². The highest BCUT2D eigenvalue weighted by Crippen LogP contribution is 2.32. The molecule has 124 valence electrons. The monoisotopic (exact) mass is 330 g/mol. The van der Waals surface area contributed by atoms with Crippen molar-refractivity contribution in [3.8, 4) is 0 Å². The van der Waals surface area contributed by atoms with Crippen LogP contribution in [0, 0.1) is 13.8 Å². The first-order valence-corrected chi connectivity index (χ1v) is 8.68. The molecule has 1 saturated heterocycles. The number of piperidine rings is 1. The van der Waals surface area contributed by atoms with Gasteiger partial charge in [-0.15, -0.1) is 0 Å². The zero-order valence-corrected chi connectivity index (χ0v) is 13.9. The summed E-state index contributed by atoms with van der Waals surface area (Å²) < 4.78 is 37.5. The fourth-order valence-electron chi connectivity index (χ4n) is 2.96. The highest BCUT2D eigenvalue weighted by molar-refractivity contribution is 7.89. The fourth-order valence-corrected chi connectivity index (χ4v) is 5.03. The number of carbonyl (C=O) groups excluding carboxylic acids is 1. The number of methoxy groups -OCH3 is 1. The van der Waals surface area contributed by atoms with Crippen molar-refractivity contribution in [3.63, 3.8) is 0 Å². The van der Waals surface area contributed by atoms with Crippen LogP contribution in [0.15, 0.2) is 9.31 Å². The Bertz CT molecular complexity index is 665. The molecule has 2 N–H and O–H groups in total. The maximum absolute atomic E-state index is 13.0. The minimum atomic E-state index is -3.86. The molecular formula is C14H22N2O5S. The predicted molar refractivity (Wildman–Crippen MR) is 80.1 cm³/mol. The molecule has 0 amide bonds. The smallest absolute Gasteiger partial charge is 0.342 e. The van der Waals surface area contributed by atoms with Gasteiger partial charge in [0.2, 0.25) is 10.0 Å². The summed E-state index contributed by atoms with van der Waals surface area (Å²) in [5.74, 6) is -0.280. The Labute approximate surface area is 130 Å². The lowest BCUT2D eigenvalue weighted by Crippen LogP contribution is -2.47. The Morgan fingerprint density at radius 3 is 2.64 bits per heavy atom. The van der Waals surface area contributed by atoms with Crippen LogP contribution in [0.2, 0.25) is 0 Å². The van der Waals surface area contributed by atoms with Crippen molar-refractivity contribution in [1.82, 2.24) is 4.31 Å². The van der Waals surface area contributed by atoms with Crippen molar-refractivity contribution >= 4 is 16.0 Å². The van der Waals surface area contributed by atoms with Crippen LogP contribution in [0.3, 0.4) is 0 Å². The lowest BCUT2D eigenvalue weighted by molar-refractivity contribution is 0.0594. The van der Waals surface area contributed by atoms with Gasteiger partial charge in [0.05, 0.1) is 7.11 Å². The molecule has 1 aromatic rings. The number of esters is 1. The number of rotatable bonds is 4. The van der Waals surface area contributed by atoms with Crippen LogP contribution in [0.5, 0.6) is 0 Å². The molecular weight excluding hydrogens is 308 g/mol. The largest absolute Gasteiger partial charge is 0.465 e. The van der Waals surface area contributed by atoms with Gasteiger partial charge in [-0.05, 0) is 26.7 Å². The van der Waals surface area contributed by atoms with Gasteiger partial charge in [0, 0.05) is 19.1 Å². The number of hydrogen-bond donors (Lipinski definition) is 1. The molecule has 0 bridgehead atoms. The van der Waals surface area contributed by atoms with Gasteiger partial charge in [0.15, 0.2) is 0 Å². The van der Waals surface area contributed by atoms with Gasteiger partial charge in [0.1, 0.15) is 22.0 Å². The molecule has 7 nitrogen and oxygen atoms in total. The number of furan rings is 1. The zero-order valence-electron chi connectivity index (χ0n) is 13.1. The zero-order chi connectivity index (χ0) is 16.5. The number of carbonyl (C=O) groups is 1. The average molecular weight is 330 g/mol. The number of hydrogen-bond acceptors (Lipinski definition) is 6. The number of ether oxygens (including phenoxy) is 1. The first-order chi connectivity index (χ1) is 10.3. The highest BCUT2D eigenvalue weighted by Gasteiger charge is 2.39. The van der Waals surface area contributed by atoms with Gasteiger partial charge < -0.3 is 14.9 Å². The summed E-state index contributed by atoms with van der Waals surface area (Å²) in [6, 6.07) is -0.251. The fraction of sp³-hybridized carbons (Fsp3) is 0.643. The summed E-state index contributed by atoms with van der Waals surface area (Å²) in [7, 11) is -2.65. The molecule has 1 atom stereocenters. The topological polar surface area (TPSA) is 103 Å². The summed E-state index contributed by atoms with van der Waals surface area (Å²) in [4.78, 5) is 11.9. The molecule has 1 unspecified atom stereocenters. The van der Waals surface area contributed by atoms with Crippen molar-refractivity contribution in [2.75, 3.05) is 20.2 Å². The molecule has 1 aromatic heterocycles. The molecule has 2 heterocycles. The van der Waals surface area contributed by atoms with E-state index in [1.807, 2.05) is 0 Å². The van der Waals surface area contributed by atoms with Crippen LogP contribution in [0.25, 0.3) is 0 Å². The third kappa shape index (κ3) is 2.78. The highest BCUT2D eigenvalue weighted by atomic mass is 32.2. The molecule has 0 radical (unpaired) electrons. The number of sulfonamides is 1. The summed E-state index contributed by atoms with van der Waals surface area (Å²) in [5, 5.41) is 0. The number of nitrogens with two attached hydrogens (primary N) is 1. The van der Waals surface area contributed by atoms with Gasteiger partial charge in [-0.2, -0.15) is 4.31 Å². The number of nitrogens with zero attached hydrogens (tertiary/aromatic N) is 1. The summed E-state index contributed by atoms with van der Waals surface area (Å²) >= 11 is 0. The minimum Gasteiger partial charge on any atom is -0.465 e. The third-order valence-corrected chi connectivity index (χ3v) is 6.11. The second kappa shape index (κ2) is 6.39. The van der Waals surface area contributed by atoms with E-state index in [9.17, 15) is 13.2 Å². The molecule has 1 fully saturated rings. The van der Waals surface area contributed by atoms with E-state index in [0.29, 0.717) is 6.54 Å². The molecule has 1 aliphatic heterocycles. The standard InChI is InChI=1S/C14H22N2O5S/c1-9-12(14(17)20-3)13(10(2)21-9)22(18,19)16-7-5-4-6-11(16)8-15/h11H,4-8,15H2,1-3H3. The third-order valence-electron chi connectivity index (χ3n) is 4.01. The molecule has 2 rings (SSSR count). The first-order valence-electron chi connectivity index (χ1n) is 7.24. The SMILES string of the molecule is COC(=O)c1c(C)oc(C)c1S(=O)(=O)N1CCCCC1CN. The van der Waals surface area contributed by atoms with Crippen LogP contribution in [-0.4, -0.2) is 44.9 Å². The van der Waals surface area contributed by atoms with Crippen LogP contribution >= 0.6 is 0 Å². The lowest BCUT2D eigenvalue weighted by atomic mass is 10.1. The molecule has 0 saturated carbocycles. The minimum absolute atomic E-state index is 0.0265. The summed E-state index contributed by atoms with van der Waals surface area (Å²) in [6.45, 7) is 3.74. The first kappa shape index (κ1) is 17.0. The van der Waals surface area contributed by atoms with E-state index in [-0.39, 0.29) is 34.6 Å². The van der Waals surface area contributed by atoms with Crippen LogP contribution in [-0.2, 0) is 14.8 Å². The Kier molecular flexibility index (Phi) is 4.93. The molecule has 0 aliphatic carbocycles. The van der Waals surface area contributed by atoms with E-state index >= 15 is 0 Å². The maximum Gasteiger partial charge on any atom is 0.342 e. The van der Waals surface area contributed by atoms with E-state index < -0.39 is 16.0 Å². The van der Waals surface area contributed by atoms with Crippen LogP contribution < -0.4 is 5.73 Å². The van der Waals surface area contributed by atoms with Crippen molar-refractivity contribution in [3.05, 3.63) is 17.1 Å². The summed E-state index contributed by atoms with van der Waals surface area (Å²) in [5.41, 5.74) is 5.69. The molecule has 22 heavy (non-hydrogen) atoms. The number of aryl methyl sites for hydroxylation is 2. The normalized spacial score (nSPS) is 20.1. The van der Waals surface area contributed by atoms with Crippen molar-refractivity contribution in [1.29, 1.82) is 0 Å². The van der Waals surface area contributed by atoms with Crippen molar-refractivity contribution < 1.29 is 22.4 Å². The summed E-state index contributed by atoms with van der Waals surface area (Å²) in [6.07, 6.45) is 2.44. The van der Waals surface area contributed by atoms with E-state index in [1.54, 1.807) is 6.92 Å². The Balaban J connectivity index is 2.56. The quantitative estimate of drug-likeness (QED) is 0.832. The van der Waals surface area contributed by atoms with E-state index in [1.165, 1.54) is 18.3 Å². The van der Waals surface area contributed by atoms with Gasteiger partial charge >= 0.3 is 5.97 Å². The van der Waals surface area contributed by atoms with E-state index in [2.05, 4.69) is 0 Å². The Morgan fingerprint density at radius 2 is 2.05 bits per heavy atom. The lowest BCUT2D eigenvalue weighted by Gasteiger charge is -2.33. The van der Waals surface area contributed by atoms with Crippen LogP contribution in [0.1, 0.15) is 41.1 Å². The Hall–Kier alpha value is -1.38. The van der Waals surface area contributed by atoms with Crippen molar-refractivity contribution in [2.24, 2.45) is 5.73 Å². The van der Waals surface area contributed by atoms with Crippen molar-refractivity contribution in [2.45, 2.75) is 44.0 Å². The molecule has 8 heteroatoms. The molecule has 1 aliphatic rings. The molecule has 0 spiro atoms. The predicted octanol–water partition coefficient (Wildman–Crippen LogP) is 1.18. The maximum atomic E-state index is 13.0. The van der Waals surface area contributed by atoms with E-state index in [0.717, 1.165) is 19.3 Å². The van der Waals surface area contributed by atoms with Gasteiger partial charge in [-0.3, -0.25) is 0 Å². The van der Waals surface area contributed by atoms with Gasteiger partial charge in [-0.1, -0.05) is 6.42 Å². The second-order valence-corrected chi connectivity index (χ2v) is 7.24.